The van der Waals surface area contributed by atoms with Gasteiger partial charge in [-0.1, -0.05) is 15.9 Å². The van der Waals surface area contributed by atoms with E-state index in [2.05, 4.69) is 36.8 Å². The average Bonchev–Trinajstić information content (AvgIpc) is 2.21. The second-order valence-electron chi connectivity index (χ2n) is 3.09. The summed E-state index contributed by atoms with van der Waals surface area (Å²) in [6, 6.07) is 1.50. The van der Waals surface area contributed by atoms with Gasteiger partial charge >= 0.3 is 0 Å². The highest BCUT2D eigenvalue weighted by atomic mass is 79.9. The maximum absolute atomic E-state index is 11.4. The number of alkyl halides is 1. The minimum Gasteiger partial charge on any atom is -0.390 e. The first-order valence-corrected chi connectivity index (χ1v) is 6.28. The van der Waals surface area contributed by atoms with Gasteiger partial charge in [-0.05, 0) is 28.4 Å². The molecule has 4 nitrogen and oxygen atoms in total. The predicted octanol–water partition coefficient (Wildman–Crippen LogP) is 1.32. The number of pyridine rings is 1. The van der Waals surface area contributed by atoms with Crippen molar-refractivity contribution in [3.8, 4) is 0 Å². The molecule has 0 saturated heterocycles. The van der Waals surface area contributed by atoms with Crippen molar-refractivity contribution in [1.29, 1.82) is 0 Å². The first-order chi connectivity index (χ1) is 7.06. The molecule has 0 radical (unpaired) electrons. The van der Waals surface area contributed by atoms with Gasteiger partial charge in [0, 0.05) is 21.6 Å². The lowest BCUT2D eigenvalue weighted by Gasteiger charge is -2.16. The lowest BCUT2D eigenvalue weighted by Crippen LogP contribution is -2.25. The topological polar surface area (TPSA) is 73.3 Å². The smallest absolute Gasteiger partial charge is 0.253 e. The van der Waals surface area contributed by atoms with Gasteiger partial charge in [0.1, 0.15) is 6.10 Å². The molecule has 0 amide bonds. The van der Waals surface area contributed by atoms with Crippen molar-refractivity contribution in [1.82, 2.24) is 4.98 Å². The number of aromatic nitrogens is 1. The maximum Gasteiger partial charge on any atom is 0.253 e. The van der Waals surface area contributed by atoms with Crippen LogP contribution < -0.4 is 5.56 Å². The predicted molar refractivity (Wildman–Crippen MR) is 64.1 cm³/mol. The number of aliphatic hydroxyl groups is 2. The third kappa shape index (κ3) is 3.41. The molecule has 15 heavy (non-hydrogen) atoms. The van der Waals surface area contributed by atoms with Crippen molar-refractivity contribution >= 4 is 31.9 Å². The van der Waals surface area contributed by atoms with Crippen molar-refractivity contribution in [3.05, 3.63) is 32.7 Å². The van der Waals surface area contributed by atoms with Gasteiger partial charge in [-0.25, -0.2) is 0 Å². The number of hydrogen-bond acceptors (Lipinski definition) is 3. The Kier molecular flexibility index (Phi) is 4.98. The fourth-order valence-corrected chi connectivity index (χ4v) is 2.00. The monoisotopic (exact) mass is 339 g/mol. The fourth-order valence-electron chi connectivity index (χ4n) is 1.17. The number of halogens is 2. The maximum atomic E-state index is 11.4. The van der Waals surface area contributed by atoms with Crippen molar-refractivity contribution in [2.75, 3.05) is 5.33 Å². The number of rotatable bonds is 4. The van der Waals surface area contributed by atoms with Gasteiger partial charge in [0.2, 0.25) is 0 Å². The minimum atomic E-state index is -1.16. The summed E-state index contributed by atoms with van der Waals surface area (Å²) in [6.07, 6.45) is -0.244. The zero-order valence-electron chi connectivity index (χ0n) is 7.78. The van der Waals surface area contributed by atoms with Crippen LogP contribution in [0.2, 0.25) is 0 Å². The van der Waals surface area contributed by atoms with E-state index in [4.69, 9.17) is 0 Å². The van der Waals surface area contributed by atoms with E-state index in [-0.39, 0.29) is 11.1 Å². The molecule has 0 aliphatic heterocycles. The summed E-state index contributed by atoms with van der Waals surface area (Å²) >= 11 is 6.34. The number of hydrogen-bond donors (Lipinski definition) is 3. The van der Waals surface area contributed by atoms with Crippen molar-refractivity contribution < 1.29 is 10.2 Å². The molecule has 2 unspecified atom stereocenters. The molecule has 1 rings (SSSR count). The number of nitrogens with one attached hydrogen (secondary N) is 1. The van der Waals surface area contributed by atoms with E-state index in [1.54, 1.807) is 0 Å². The highest BCUT2D eigenvalue weighted by Crippen LogP contribution is 2.18. The zero-order valence-corrected chi connectivity index (χ0v) is 11.0. The normalized spacial score (nSPS) is 14.9. The molecular weight excluding hydrogens is 330 g/mol. The molecule has 0 aliphatic carbocycles. The van der Waals surface area contributed by atoms with E-state index in [1.807, 2.05) is 0 Å². The molecule has 1 heterocycles. The summed E-state index contributed by atoms with van der Waals surface area (Å²) in [7, 11) is 0. The molecular formula is C9H11Br2NO3. The van der Waals surface area contributed by atoms with E-state index >= 15 is 0 Å². The Morgan fingerprint density at radius 2 is 2.13 bits per heavy atom. The summed E-state index contributed by atoms with van der Waals surface area (Å²) in [5.41, 5.74) is -0.225. The Balaban J connectivity index is 2.94. The minimum absolute atomic E-state index is 0.165. The zero-order chi connectivity index (χ0) is 11.4. The molecule has 3 N–H and O–H groups in total. The van der Waals surface area contributed by atoms with Gasteiger partial charge < -0.3 is 15.2 Å². The Labute approximate surface area is 104 Å². The van der Waals surface area contributed by atoms with E-state index in [9.17, 15) is 15.0 Å². The second-order valence-corrected chi connectivity index (χ2v) is 4.80. The van der Waals surface area contributed by atoms with Crippen LogP contribution >= 0.6 is 31.9 Å². The molecule has 2 atom stereocenters. The average molecular weight is 341 g/mol. The van der Waals surface area contributed by atoms with Gasteiger partial charge in [-0.3, -0.25) is 4.79 Å². The van der Waals surface area contributed by atoms with Crippen LogP contribution in [0.15, 0.2) is 21.5 Å². The lowest BCUT2D eigenvalue weighted by atomic mass is 10.0. The first-order valence-electron chi connectivity index (χ1n) is 4.36. The van der Waals surface area contributed by atoms with Crippen molar-refractivity contribution in [2.24, 2.45) is 0 Å². The van der Waals surface area contributed by atoms with Gasteiger partial charge in [0.15, 0.2) is 0 Å². The molecule has 6 heteroatoms. The van der Waals surface area contributed by atoms with Crippen LogP contribution in [0.5, 0.6) is 0 Å². The Morgan fingerprint density at radius 1 is 1.47 bits per heavy atom. The Morgan fingerprint density at radius 3 is 2.73 bits per heavy atom. The summed E-state index contributed by atoms with van der Waals surface area (Å²) in [5.74, 6) is 0. The second kappa shape index (κ2) is 5.79. The van der Waals surface area contributed by atoms with Crippen molar-refractivity contribution in [2.45, 2.75) is 18.6 Å². The summed E-state index contributed by atoms with van der Waals surface area (Å²) in [6.45, 7) is 0. The van der Waals surface area contributed by atoms with Crippen LogP contribution in [0.4, 0.5) is 0 Å². The van der Waals surface area contributed by atoms with E-state index in [1.165, 1.54) is 12.3 Å². The van der Waals surface area contributed by atoms with Gasteiger partial charge in [0.25, 0.3) is 5.56 Å². The standard InChI is InChI=1S/C9H11Br2NO3/c10-2-1-7(13)8(14)6-3-5(11)4-12-9(6)15/h3-4,7-8,13-14H,1-2H2,(H,12,15). The highest BCUT2D eigenvalue weighted by Gasteiger charge is 2.20. The summed E-state index contributed by atoms with van der Waals surface area (Å²) < 4.78 is 0.655. The van der Waals surface area contributed by atoms with Crippen LogP contribution in [-0.2, 0) is 0 Å². The quantitative estimate of drug-likeness (QED) is 0.724. The summed E-state index contributed by atoms with van der Waals surface area (Å²) in [4.78, 5) is 13.8. The van der Waals surface area contributed by atoms with Crippen LogP contribution in [0, 0.1) is 0 Å². The largest absolute Gasteiger partial charge is 0.390 e. The molecule has 0 spiro atoms. The SMILES string of the molecule is O=c1[nH]cc(Br)cc1C(O)C(O)CCBr. The molecule has 1 aromatic rings. The molecule has 0 saturated carbocycles. The van der Waals surface area contributed by atoms with E-state index < -0.39 is 12.2 Å². The molecule has 1 aromatic heterocycles. The summed E-state index contributed by atoms with van der Waals surface area (Å²) in [5, 5.41) is 19.8. The highest BCUT2D eigenvalue weighted by molar-refractivity contribution is 9.10. The third-order valence-electron chi connectivity index (χ3n) is 1.98. The van der Waals surface area contributed by atoms with E-state index in [0.29, 0.717) is 16.2 Å². The van der Waals surface area contributed by atoms with Gasteiger partial charge in [-0.15, -0.1) is 0 Å². The van der Waals surface area contributed by atoms with Crippen molar-refractivity contribution in [3.63, 3.8) is 0 Å². The molecule has 0 aliphatic rings. The van der Waals surface area contributed by atoms with Crippen LogP contribution in [0.1, 0.15) is 18.1 Å². The fraction of sp³-hybridized carbons (Fsp3) is 0.444. The number of aromatic amines is 1. The Hall–Kier alpha value is -0.170. The number of H-pyrrole nitrogens is 1. The first kappa shape index (κ1) is 12.9. The molecule has 84 valence electrons. The van der Waals surface area contributed by atoms with Crippen LogP contribution in [0.3, 0.4) is 0 Å². The van der Waals surface area contributed by atoms with Gasteiger partial charge in [0.05, 0.1) is 6.10 Å². The van der Waals surface area contributed by atoms with E-state index in [0.717, 1.165) is 0 Å². The van der Waals surface area contributed by atoms with Crippen LogP contribution in [-0.4, -0.2) is 26.6 Å². The molecule has 0 bridgehead atoms. The lowest BCUT2D eigenvalue weighted by molar-refractivity contribution is 0.0165. The van der Waals surface area contributed by atoms with Gasteiger partial charge in [-0.2, -0.15) is 0 Å². The molecule has 0 fully saturated rings. The number of aliphatic hydroxyl groups excluding tert-OH is 2. The van der Waals surface area contributed by atoms with Crippen LogP contribution in [0.25, 0.3) is 0 Å². The molecule has 0 aromatic carbocycles. The Bertz CT molecular complexity index is 380. The third-order valence-corrected chi connectivity index (χ3v) is 2.90.